The quantitative estimate of drug-likeness (QED) is 0.518. The van der Waals surface area contributed by atoms with Crippen LogP contribution in [0.1, 0.15) is 29.7 Å². The van der Waals surface area contributed by atoms with Crippen LogP contribution >= 0.6 is 0 Å². The third-order valence-electron chi connectivity index (χ3n) is 6.16. The largest absolute Gasteiger partial charge is 0.382 e. The van der Waals surface area contributed by atoms with Gasteiger partial charge >= 0.3 is 0 Å². The fraction of sp³-hybridized carbons (Fsp3) is 0.240. The monoisotopic (exact) mass is 411 g/mol. The second-order valence-electron chi connectivity index (χ2n) is 8.50. The summed E-state index contributed by atoms with van der Waals surface area (Å²) in [5.74, 6) is 0.524. The molecule has 0 unspecified atom stereocenters. The molecule has 2 heterocycles. The number of benzene rings is 2. The number of amides is 1. The smallest absolute Gasteiger partial charge is 0.235 e. The van der Waals surface area contributed by atoms with E-state index in [1.807, 2.05) is 50.4 Å². The molecule has 2 aromatic heterocycles. The highest BCUT2D eigenvalue weighted by Gasteiger charge is 2.51. The third-order valence-corrected chi connectivity index (χ3v) is 6.16. The average molecular weight is 412 g/mol. The van der Waals surface area contributed by atoms with Crippen LogP contribution in [0.3, 0.4) is 0 Å². The van der Waals surface area contributed by atoms with E-state index in [0.717, 1.165) is 51.9 Å². The summed E-state index contributed by atoms with van der Waals surface area (Å²) >= 11 is 0. The maximum Gasteiger partial charge on any atom is 0.235 e. The molecule has 5 rings (SSSR count). The molecule has 3 N–H and O–H groups in total. The molecule has 1 fully saturated rings. The molecule has 0 bridgehead atoms. The molecule has 0 atom stereocenters. The molecule has 0 aliphatic heterocycles. The zero-order valence-electron chi connectivity index (χ0n) is 17.9. The first-order valence-corrected chi connectivity index (χ1v) is 10.5. The van der Waals surface area contributed by atoms with Crippen LogP contribution in [0.15, 0.2) is 54.6 Å². The number of carbonyl (C=O) groups is 1. The summed E-state index contributed by atoms with van der Waals surface area (Å²) in [5.41, 5.74) is 12.5. The lowest BCUT2D eigenvalue weighted by atomic mass is 9.93. The van der Waals surface area contributed by atoms with Crippen LogP contribution in [0.25, 0.3) is 22.2 Å². The summed E-state index contributed by atoms with van der Waals surface area (Å²) in [6, 6.07) is 18.2. The SMILES string of the molecule is Cc1cccc(C2(C(=O)Nc3ccc(-c4cc(C)nc5c4c(N)nn5C)cc3)CC2)c1. The number of fused-ring (bicyclic) bond motifs is 1. The predicted octanol–water partition coefficient (Wildman–Crippen LogP) is 4.50. The zero-order chi connectivity index (χ0) is 21.8. The van der Waals surface area contributed by atoms with E-state index in [2.05, 4.69) is 40.5 Å². The van der Waals surface area contributed by atoms with Crippen molar-refractivity contribution in [2.24, 2.45) is 7.05 Å². The Kier molecular flexibility index (Phi) is 4.32. The summed E-state index contributed by atoms with van der Waals surface area (Å²) in [4.78, 5) is 17.7. The highest BCUT2D eigenvalue weighted by Crippen LogP contribution is 2.49. The number of nitrogens with two attached hydrogens (primary N) is 1. The Labute approximate surface area is 181 Å². The molecular weight excluding hydrogens is 386 g/mol. The highest BCUT2D eigenvalue weighted by atomic mass is 16.2. The van der Waals surface area contributed by atoms with Gasteiger partial charge in [-0.3, -0.25) is 4.79 Å². The van der Waals surface area contributed by atoms with Gasteiger partial charge in [0.05, 0.1) is 10.8 Å². The van der Waals surface area contributed by atoms with E-state index >= 15 is 0 Å². The molecule has 156 valence electrons. The van der Waals surface area contributed by atoms with Gasteiger partial charge < -0.3 is 11.1 Å². The molecule has 4 aromatic rings. The van der Waals surface area contributed by atoms with Gasteiger partial charge in [0.2, 0.25) is 5.91 Å². The molecule has 1 aliphatic carbocycles. The molecule has 0 spiro atoms. The standard InChI is InChI=1S/C25H25N5O/c1-15-5-4-6-18(13-15)25(11-12-25)24(31)28-19-9-7-17(8-10-19)20-14-16(2)27-23-21(20)22(26)29-30(23)3/h4-10,13-14H,11-12H2,1-3H3,(H2,26,29)(H,28,31). The third kappa shape index (κ3) is 3.24. The fourth-order valence-corrected chi connectivity index (χ4v) is 4.33. The summed E-state index contributed by atoms with van der Waals surface area (Å²) in [7, 11) is 1.84. The Morgan fingerprint density at radius 3 is 2.52 bits per heavy atom. The van der Waals surface area contributed by atoms with Crippen molar-refractivity contribution in [3.8, 4) is 11.1 Å². The van der Waals surface area contributed by atoms with Gasteiger partial charge in [-0.25, -0.2) is 9.67 Å². The van der Waals surface area contributed by atoms with Crippen LogP contribution in [-0.4, -0.2) is 20.7 Å². The van der Waals surface area contributed by atoms with E-state index in [0.29, 0.717) is 5.82 Å². The van der Waals surface area contributed by atoms with Crippen molar-refractivity contribution in [2.45, 2.75) is 32.1 Å². The molecule has 1 aliphatic rings. The number of pyridine rings is 1. The lowest BCUT2D eigenvalue weighted by molar-refractivity contribution is -0.118. The van der Waals surface area contributed by atoms with Gasteiger partial charge in [0, 0.05) is 18.4 Å². The van der Waals surface area contributed by atoms with Gasteiger partial charge in [-0.15, -0.1) is 0 Å². The summed E-state index contributed by atoms with van der Waals surface area (Å²) < 4.78 is 1.70. The van der Waals surface area contributed by atoms with Gasteiger partial charge in [0.15, 0.2) is 11.5 Å². The van der Waals surface area contributed by atoms with Crippen molar-refractivity contribution in [1.29, 1.82) is 0 Å². The van der Waals surface area contributed by atoms with Crippen molar-refractivity contribution in [1.82, 2.24) is 14.8 Å². The number of aromatic nitrogens is 3. The molecule has 2 aromatic carbocycles. The molecule has 31 heavy (non-hydrogen) atoms. The van der Waals surface area contributed by atoms with Crippen molar-refractivity contribution in [3.05, 3.63) is 71.4 Å². The zero-order valence-corrected chi connectivity index (χ0v) is 17.9. The van der Waals surface area contributed by atoms with Crippen LogP contribution in [0, 0.1) is 13.8 Å². The second kappa shape index (κ2) is 6.94. The summed E-state index contributed by atoms with van der Waals surface area (Å²) in [5, 5.41) is 8.28. The normalized spacial score (nSPS) is 14.5. The van der Waals surface area contributed by atoms with Gasteiger partial charge in [0.25, 0.3) is 0 Å². The van der Waals surface area contributed by atoms with Gasteiger partial charge in [-0.1, -0.05) is 42.0 Å². The molecule has 1 saturated carbocycles. The van der Waals surface area contributed by atoms with E-state index in [-0.39, 0.29) is 5.91 Å². The van der Waals surface area contributed by atoms with Gasteiger partial charge in [-0.2, -0.15) is 5.10 Å². The van der Waals surface area contributed by atoms with Crippen LogP contribution < -0.4 is 11.1 Å². The topological polar surface area (TPSA) is 85.8 Å². The van der Waals surface area contributed by atoms with Crippen molar-refractivity contribution >= 4 is 28.4 Å². The average Bonchev–Trinajstić information content (AvgIpc) is 3.50. The first kappa shape index (κ1) is 19.3. The summed E-state index contributed by atoms with van der Waals surface area (Å²) in [6.45, 7) is 4.02. The minimum Gasteiger partial charge on any atom is -0.382 e. The van der Waals surface area contributed by atoms with E-state index in [1.165, 1.54) is 5.56 Å². The highest BCUT2D eigenvalue weighted by molar-refractivity contribution is 6.02. The van der Waals surface area contributed by atoms with Crippen LogP contribution in [0.2, 0.25) is 0 Å². The number of anilines is 2. The number of hydrogen-bond acceptors (Lipinski definition) is 4. The number of aryl methyl sites for hydroxylation is 3. The van der Waals surface area contributed by atoms with E-state index in [4.69, 9.17) is 5.73 Å². The number of carbonyl (C=O) groups excluding carboxylic acids is 1. The van der Waals surface area contributed by atoms with E-state index in [1.54, 1.807) is 4.68 Å². The number of nitrogens with one attached hydrogen (secondary N) is 1. The Balaban J connectivity index is 1.43. The molecule has 6 heteroatoms. The van der Waals surface area contributed by atoms with Crippen molar-refractivity contribution < 1.29 is 4.79 Å². The van der Waals surface area contributed by atoms with E-state index in [9.17, 15) is 4.79 Å². The molecule has 1 amide bonds. The minimum atomic E-state index is -0.400. The van der Waals surface area contributed by atoms with Crippen LogP contribution in [-0.2, 0) is 17.3 Å². The van der Waals surface area contributed by atoms with Gasteiger partial charge in [-0.05, 0) is 61.6 Å². The second-order valence-corrected chi connectivity index (χ2v) is 8.50. The Morgan fingerprint density at radius 2 is 1.84 bits per heavy atom. The number of nitrogens with zero attached hydrogens (tertiary/aromatic N) is 3. The van der Waals surface area contributed by atoms with E-state index < -0.39 is 5.41 Å². The lowest BCUT2D eigenvalue weighted by Gasteiger charge is -2.16. The Bertz CT molecular complexity index is 1320. The minimum absolute atomic E-state index is 0.0597. The van der Waals surface area contributed by atoms with Crippen molar-refractivity contribution in [2.75, 3.05) is 11.1 Å². The van der Waals surface area contributed by atoms with Gasteiger partial charge in [0.1, 0.15) is 0 Å². The van der Waals surface area contributed by atoms with Crippen molar-refractivity contribution in [3.63, 3.8) is 0 Å². The molecular formula is C25H25N5O. The fourth-order valence-electron chi connectivity index (χ4n) is 4.33. The first-order valence-electron chi connectivity index (χ1n) is 10.5. The first-order chi connectivity index (χ1) is 14.9. The number of nitrogen functional groups attached to an aromatic ring is 1. The number of hydrogen-bond donors (Lipinski definition) is 2. The lowest BCUT2D eigenvalue weighted by Crippen LogP contribution is -2.27. The Morgan fingerprint density at radius 1 is 1.10 bits per heavy atom. The summed E-state index contributed by atoms with van der Waals surface area (Å²) in [6.07, 6.45) is 1.77. The molecule has 0 saturated heterocycles. The molecule has 6 nitrogen and oxygen atoms in total. The molecule has 0 radical (unpaired) electrons. The Hall–Kier alpha value is -3.67. The van der Waals surface area contributed by atoms with Crippen LogP contribution in [0.5, 0.6) is 0 Å². The maximum absolute atomic E-state index is 13.1. The number of rotatable bonds is 4. The predicted molar refractivity (Wildman–Crippen MR) is 124 cm³/mol. The van der Waals surface area contributed by atoms with Crippen LogP contribution in [0.4, 0.5) is 11.5 Å². The maximum atomic E-state index is 13.1.